The number of hydrogen-bond acceptors (Lipinski definition) is 6. The molecule has 0 spiro atoms. The fourth-order valence-corrected chi connectivity index (χ4v) is 3.87. The summed E-state index contributed by atoms with van der Waals surface area (Å²) in [5.74, 6) is 0.795. The van der Waals surface area contributed by atoms with Gasteiger partial charge in [0.25, 0.3) is 5.91 Å². The first-order valence-corrected chi connectivity index (χ1v) is 10.3. The van der Waals surface area contributed by atoms with Gasteiger partial charge in [-0.3, -0.25) is 14.8 Å². The van der Waals surface area contributed by atoms with Crippen molar-refractivity contribution in [3.63, 3.8) is 0 Å². The molecule has 0 saturated carbocycles. The van der Waals surface area contributed by atoms with Crippen LogP contribution in [0.4, 0.5) is 11.6 Å². The number of pyridine rings is 2. The molecule has 1 aliphatic heterocycles. The van der Waals surface area contributed by atoms with Crippen LogP contribution in [0.25, 0.3) is 11.4 Å². The number of allylic oxidation sites excluding steroid dienone is 1. The third-order valence-corrected chi connectivity index (χ3v) is 5.36. The molecule has 8 nitrogen and oxygen atoms in total. The second kappa shape index (κ2) is 8.24. The molecule has 5 rings (SSSR count). The maximum absolute atomic E-state index is 13.4. The van der Waals surface area contributed by atoms with E-state index in [1.807, 2.05) is 31.2 Å². The van der Waals surface area contributed by atoms with Gasteiger partial charge in [0.2, 0.25) is 5.95 Å². The highest BCUT2D eigenvalue weighted by Gasteiger charge is 2.34. The van der Waals surface area contributed by atoms with Gasteiger partial charge < -0.3 is 10.6 Å². The summed E-state index contributed by atoms with van der Waals surface area (Å²) in [6.07, 6.45) is 6.64. The van der Waals surface area contributed by atoms with Crippen LogP contribution < -0.4 is 10.6 Å². The quantitative estimate of drug-likeness (QED) is 0.487. The summed E-state index contributed by atoms with van der Waals surface area (Å²) in [6.45, 7) is 1.85. The molecule has 1 amide bonds. The van der Waals surface area contributed by atoms with E-state index in [2.05, 4.69) is 25.6 Å². The molecule has 0 fully saturated rings. The van der Waals surface area contributed by atoms with Gasteiger partial charge in [0.05, 0.1) is 17.5 Å². The Balaban J connectivity index is 1.60. The number of aromatic nitrogens is 5. The molecule has 32 heavy (non-hydrogen) atoms. The summed E-state index contributed by atoms with van der Waals surface area (Å²) < 4.78 is 1.72. The number of nitrogens with one attached hydrogen (secondary N) is 2. The van der Waals surface area contributed by atoms with Gasteiger partial charge in [0.15, 0.2) is 5.82 Å². The third kappa shape index (κ3) is 3.72. The van der Waals surface area contributed by atoms with Crippen LogP contribution in [-0.4, -0.2) is 30.6 Å². The molecular weight excluding hydrogens is 426 g/mol. The summed E-state index contributed by atoms with van der Waals surface area (Å²) in [5, 5.41) is 11.5. The Labute approximate surface area is 189 Å². The van der Waals surface area contributed by atoms with Crippen molar-refractivity contribution in [2.45, 2.75) is 13.0 Å². The van der Waals surface area contributed by atoms with Crippen molar-refractivity contribution in [3.8, 4) is 11.4 Å². The van der Waals surface area contributed by atoms with E-state index in [-0.39, 0.29) is 5.91 Å². The molecule has 1 atom stereocenters. The lowest BCUT2D eigenvalue weighted by atomic mass is 9.96. The number of fused-ring (bicyclic) bond motifs is 1. The van der Waals surface area contributed by atoms with Crippen LogP contribution in [0, 0.1) is 0 Å². The van der Waals surface area contributed by atoms with E-state index in [1.54, 1.807) is 53.7 Å². The maximum atomic E-state index is 13.4. The molecule has 4 heterocycles. The molecule has 1 aromatic carbocycles. The lowest BCUT2D eigenvalue weighted by Gasteiger charge is -2.28. The lowest BCUT2D eigenvalue weighted by molar-refractivity contribution is -0.113. The Hall–Kier alpha value is -4.04. The zero-order chi connectivity index (χ0) is 22.1. The Kier molecular flexibility index (Phi) is 5.12. The van der Waals surface area contributed by atoms with Gasteiger partial charge in [-0.25, -0.2) is 4.68 Å². The number of nitrogens with zero attached hydrogens (tertiary/aromatic N) is 5. The number of rotatable bonds is 4. The molecule has 0 aliphatic carbocycles. The molecule has 0 saturated heterocycles. The number of hydrogen-bond donors (Lipinski definition) is 2. The molecule has 9 heteroatoms. The number of anilines is 2. The first-order chi connectivity index (χ1) is 15.6. The van der Waals surface area contributed by atoms with Gasteiger partial charge in [-0.2, -0.15) is 4.98 Å². The van der Waals surface area contributed by atoms with E-state index >= 15 is 0 Å². The summed E-state index contributed by atoms with van der Waals surface area (Å²) in [7, 11) is 0. The van der Waals surface area contributed by atoms with Crippen LogP contribution in [0.1, 0.15) is 18.5 Å². The SMILES string of the molecule is CC1=C(C(=O)Nc2cccnc2)[C@@H](c2ccncc2)n2nc(-c3cccc(Cl)c3)nc2N1. The monoisotopic (exact) mass is 443 g/mol. The first-order valence-electron chi connectivity index (χ1n) is 9.92. The van der Waals surface area contributed by atoms with Crippen molar-refractivity contribution in [1.82, 2.24) is 24.7 Å². The molecule has 4 aromatic rings. The zero-order valence-electron chi connectivity index (χ0n) is 17.0. The Morgan fingerprint density at radius 3 is 2.69 bits per heavy atom. The van der Waals surface area contributed by atoms with Crippen molar-refractivity contribution in [1.29, 1.82) is 0 Å². The Morgan fingerprint density at radius 2 is 1.94 bits per heavy atom. The van der Waals surface area contributed by atoms with Gasteiger partial charge in [-0.1, -0.05) is 23.7 Å². The van der Waals surface area contributed by atoms with Crippen LogP contribution in [0.5, 0.6) is 0 Å². The molecular formula is C23H18ClN7O. The summed E-state index contributed by atoms with van der Waals surface area (Å²) in [4.78, 5) is 26.2. The Morgan fingerprint density at radius 1 is 1.09 bits per heavy atom. The zero-order valence-corrected chi connectivity index (χ0v) is 17.8. The van der Waals surface area contributed by atoms with Crippen molar-refractivity contribution in [2.24, 2.45) is 0 Å². The standard InChI is InChI=1S/C23H18ClN7O/c1-14-19(22(32)28-18-6-3-9-26-13-18)20(15-7-10-25-11-8-15)31-23(27-14)29-21(30-31)16-4-2-5-17(24)12-16/h2-13,20H,1H3,(H,28,32)(H,27,29,30)/t20-/m1/s1. The number of halogens is 1. The number of carbonyl (C=O) groups excluding carboxylic acids is 1. The van der Waals surface area contributed by atoms with Crippen LogP contribution in [0.15, 0.2) is 84.6 Å². The fourth-order valence-electron chi connectivity index (χ4n) is 3.68. The van der Waals surface area contributed by atoms with E-state index < -0.39 is 6.04 Å². The van der Waals surface area contributed by atoms with Gasteiger partial charge in [-0.15, -0.1) is 5.10 Å². The van der Waals surface area contributed by atoms with Crippen molar-refractivity contribution in [3.05, 3.63) is 95.2 Å². The highest BCUT2D eigenvalue weighted by atomic mass is 35.5. The fraction of sp³-hybridized carbons (Fsp3) is 0.0870. The minimum atomic E-state index is -0.494. The van der Waals surface area contributed by atoms with Gasteiger partial charge in [0.1, 0.15) is 6.04 Å². The van der Waals surface area contributed by atoms with Gasteiger partial charge in [-0.05, 0) is 48.9 Å². The normalized spacial score (nSPS) is 15.1. The van der Waals surface area contributed by atoms with Crippen LogP contribution in [-0.2, 0) is 4.79 Å². The van der Waals surface area contributed by atoms with Gasteiger partial charge >= 0.3 is 0 Å². The predicted octanol–water partition coefficient (Wildman–Crippen LogP) is 4.32. The van der Waals surface area contributed by atoms with Crippen LogP contribution >= 0.6 is 11.6 Å². The predicted molar refractivity (Wildman–Crippen MR) is 122 cm³/mol. The van der Waals surface area contributed by atoms with E-state index in [4.69, 9.17) is 16.7 Å². The van der Waals surface area contributed by atoms with Crippen molar-refractivity contribution < 1.29 is 4.79 Å². The average molecular weight is 444 g/mol. The molecule has 2 N–H and O–H groups in total. The molecule has 0 bridgehead atoms. The van der Waals surface area contributed by atoms with Crippen molar-refractivity contribution in [2.75, 3.05) is 10.6 Å². The first kappa shape index (κ1) is 19.9. The van der Waals surface area contributed by atoms with E-state index in [0.29, 0.717) is 33.8 Å². The number of amides is 1. The topological polar surface area (TPSA) is 97.6 Å². The van der Waals surface area contributed by atoms with E-state index in [9.17, 15) is 4.79 Å². The maximum Gasteiger partial charge on any atom is 0.255 e. The minimum Gasteiger partial charge on any atom is -0.328 e. The number of benzene rings is 1. The van der Waals surface area contributed by atoms with Gasteiger partial charge in [0, 0.05) is 34.9 Å². The smallest absolute Gasteiger partial charge is 0.255 e. The average Bonchev–Trinajstić information content (AvgIpc) is 3.23. The lowest BCUT2D eigenvalue weighted by Crippen LogP contribution is -2.31. The Bertz CT molecular complexity index is 1320. The molecule has 0 unspecified atom stereocenters. The largest absolute Gasteiger partial charge is 0.328 e. The highest BCUT2D eigenvalue weighted by molar-refractivity contribution is 6.30. The van der Waals surface area contributed by atoms with E-state index in [0.717, 1.165) is 11.1 Å². The third-order valence-electron chi connectivity index (χ3n) is 5.12. The molecule has 0 radical (unpaired) electrons. The molecule has 158 valence electrons. The van der Waals surface area contributed by atoms with E-state index in [1.165, 1.54) is 0 Å². The molecule has 1 aliphatic rings. The van der Waals surface area contributed by atoms with Crippen molar-refractivity contribution >= 4 is 29.1 Å². The second-order valence-electron chi connectivity index (χ2n) is 7.26. The number of carbonyl (C=O) groups is 1. The van der Waals surface area contributed by atoms with Crippen LogP contribution in [0.3, 0.4) is 0 Å². The second-order valence-corrected chi connectivity index (χ2v) is 7.69. The summed E-state index contributed by atoms with van der Waals surface area (Å²) in [6, 6.07) is 14.1. The summed E-state index contributed by atoms with van der Waals surface area (Å²) in [5.41, 5.74) is 3.46. The van der Waals surface area contributed by atoms with Crippen LogP contribution in [0.2, 0.25) is 5.02 Å². The minimum absolute atomic E-state index is 0.254. The summed E-state index contributed by atoms with van der Waals surface area (Å²) >= 11 is 6.16. The highest BCUT2D eigenvalue weighted by Crippen LogP contribution is 2.36. The molecule has 3 aromatic heterocycles.